The highest BCUT2D eigenvalue weighted by molar-refractivity contribution is 6.03. The molecule has 1 aliphatic carbocycles. The summed E-state index contributed by atoms with van der Waals surface area (Å²) in [5.74, 6) is -0.104. The van der Waals surface area contributed by atoms with Crippen molar-refractivity contribution in [1.29, 1.82) is 0 Å². The molecule has 5 nitrogen and oxygen atoms in total. The van der Waals surface area contributed by atoms with Gasteiger partial charge in [0, 0.05) is 24.1 Å². The minimum absolute atomic E-state index is 0.0653. The predicted octanol–water partition coefficient (Wildman–Crippen LogP) is 4.88. The van der Waals surface area contributed by atoms with E-state index in [0.717, 1.165) is 25.0 Å². The highest BCUT2D eigenvalue weighted by Crippen LogP contribution is 2.30. The molecule has 1 aliphatic rings. The molecule has 0 bridgehead atoms. The fraction of sp³-hybridized carbons (Fsp3) is 0.421. The van der Waals surface area contributed by atoms with Gasteiger partial charge in [0.05, 0.1) is 11.1 Å². The molecule has 1 amide bonds. The molecule has 0 saturated heterocycles. The molecule has 2 aromatic rings. The van der Waals surface area contributed by atoms with Gasteiger partial charge < -0.3 is 10.6 Å². The Labute approximate surface area is 155 Å². The van der Waals surface area contributed by atoms with Crippen LogP contribution in [0.5, 0.6) is 0 Å². The van der Waals surface area contributed by atoms with Crippen LogP contribution in [0.3, 0.4) is 0 Å². The monoisotopic (exact) mass is 378 g/mol. The zero-order valence-electron chi connectivity index (χ0n) is 14.7. The van der Waals surface area contributed by atoms with Crippen LogP contribution < -0.4 is 10.6 Å². The maximum Gasteiger partial charge on any atom is 0.416 e. The van der Waals surface area contributed by atoms with E-state index in [9.17, 15) is 18.0 Å². The molecule has 0 unspecified atom stereocenters. The Morgan fingerprint density at radius 2 is 1.70 bits per heavy atom. The Bertz CT molecular complexity index is 769. The lowest BCUT2D eigenvalue weighted by molar-refractivity contribution is -0.137. The molecule has 2 N–H and O–H groups in total. The summed E-state index contributed by atoms with van der Waals surface area (Å²) in [7, 11) is 0. The highest BCUT2D eigenvalue weighted by Gasteiger charge is 2.30. The molecule has 3 rings (SSSR count). The summed E-state index contributed by atoms with van der Waals surface area (Å²) in [5, 5.41) is 5.72. The summed E-state index contributed by atoms with van der Waals surface area (Å²) in [6.07, 6.45) is 5.26. The molecule has 27 heavy (non-hydrogen) atoms. The second kappa shape index (κ2) is 8.37. The van der Waals surface area contributed by atoms with Crippen molar-refractivity contribution >= 4 is 17.5 Å². The van der Waals surface area contributed by atoms with Gasteiger partial charge in [-0.2, -0.15) is 13.2 Å². The molecule has 0 atom stereocenters. The lowest BCUT2D eigenvalue weighted by atomic mass is 10.1. The van der Waals surface area contributed by atoms with Crippen molar-refractivity contribution in [2.45, 2.75) is 50.7 Å². The van der Waals surface area contributed by atoms with Gasteiger partial charge in [-0.15, -0.1) is 0 Å². The van der Waals surface area contributed by atoms with E-state index in [4.69, 9.17) is 0 Å². The Morgan fingerprint density at radius 3 is 2.33 bits per heavy atom. The average Bonchev–Trinajstić information content (AvgIpc) is 2.90. The fourth-order valence-electron chi connectivity index (χ4n) is 3.10. The van der Waals surface area contributed by atoms with Gasteiger partial charge in [0.1, 0.15) is 0 Å². The molecule has 1 aromatic heterocycles. The van der Waals surface area contributed by atoms with Crippen LogP contribution in [0.15, 0.2) is 36.7 Å². The van der Waals surface area contributed by atoms with Crippen LogP contribution in [-0.4, -0.2) is 21.9 Å². The number of carbonyl (C=O) groups is 1. The standard InChI is InChI=1S/C19H21F3N4O/c20-19(21,22)14-6-5-9-16(10-14)25-17(27)13-11-23-18(24-12-13)26-15-7-3-1-2-4-8-15/h5-6,9-12,15H,1-4,7-8H2,(H,25,27)(H,23,24,26). The summed E-state index contributed by atoms with van der Waals surface area (Å²) < 4.78 is 38.3. The predicted molar refractivity (Wildman–Crippen MR) is 96.5 cm³/mol. The average molecular weight is 378 g/mol. The number of nitrogens with one attached hydrogen (secondary N) is 2. The second-order valence-corrected chi connectivity index (χ2v) is 6.66. The molecule has 0 aliphatic heterocycles. The number of benzene rings is 1. The Hall–Kier alpha value is -2.64. The van der Waals surface area contributed by atoms with E-state index in [1.165, 1.54) is 50.2 Å². The normalized spacial score (nSPS) is 15.8. The third kappa shape index (κ3) is 5.42. The Morgan fingerprint density at radius 1 is 1.04 bits per heavy atom. The first kappa shape index (κ1) is 19.1. The summed E-state index contributed by atoms with van der Waals surface area (Å²) in [6.45, 7) is 0. The Kier molecular flexibility index (Phi) is 5.93. The third-order valence-electron chi connectivity index (χ3n) is 4.55. The molecule has 1 fully saturated rings. The van der Waals surface area contributed by atoms with Crippen molar-refractivity contribution in [3.05, 3.63) is 47.8 Å². The molecule has 144 valence electrons. The number of hydrogen-bond acceptors (Lipinski definition) is 4. The largest absolute Gasteiger partial charge is 0.416 e. The number of halogens is 3. The molecular weight excluding hydrogens is 357 g/mol. The molecule has 1 saturated carbocycles. The number of hydrogen-bond donors (Lipinski definition) is 2. The maximum absolute atomic E-state index is 12.8. The van der Waals surface area contributed by atoms with Crippen molar-refractivity contribution in [3.63, 3.8) is 0 Å². The molecule has 1 aromatic carbocycles. The van der Waals surface area contributed by atoms with E-state index >= 15 is 0 Å². The van der Waals surface area contributed by atoms with E-state index in [-0.39, 0.29) is 11.3 Å². The van der Waals surface area contributed by atoms with Crippen LogP contribution in [0.4, 0.5) is 24.8 Å². The van der Waals surface area contributed by atoms with Gasteiger partial charge in [-0.25, -0.2) is 9.97 Å². The lowest BCUT2D eigenvalue weighted by Crippen LogP contribution is -2.20. The number of anilines is 2. The minimum Gasteiger partial charge on any atom is -0.351 e. The molecular formula is C19H21F3N4O. The number of aromatic nitrogens is 2. The van der Waals surface area contributed by atoms with E-state index in [1.807, 2.05) is 0 Å². The van der Waals surface area contributed by atoms with E-state index < -0.39 is 17.6 Å². The van der Waals surface area contributed by atoms with Crippen molar-refractivity contribution in [2.75, 3.05) is 10.6 Å². The second-order valence-electron chi connectivity index (χ2n) is 6.66. The number of rotatable bonds is 4. The summed E-state index contributed by atoms with van der Waals surface area (Å²) in [6, 6.07) is 4.82. The van der Waals surface area contributed by atoms with Gasteiger partial charge >= 0.3 is 6.18 Å². The lowest BCUT2D eigenvalue weighted by Gasteiger charge is -2.16. The van der Waals surface area contributed by atoms with E-state index in [2.05, 4.69) is 20.6 Å². The van der Waals surface area contributed by atoms with Crippen LogP contribution in [0.2, 0.25) is 0 Å². The van der Waals surface area contributed by atoms with Gasteiger partial charge in [-0.3, -0.25) is 4.79 Å². The molecule has 0 radical (unpaired) electrons. The highest BCUT2D eigenvalue weighted by atomic mass is 19.4. The fourth-order valence-corrected chi connectivity index (χ4v) is 3.10. The number of amides is 1. The van der Waals surface area contributed by atoms with Crippen molar-refractivity contribution < 1.29 is 18.0 Å². The zero-order valence-corrected chi connectivity index (χ0v) is 14.7. The minimum atomic E-state index is -4.46. The number of carbonyl (C=O) groups excluding carboxylic acids is 1. The first-order chi connectivity index (χ1) is 12.9. The first-order valence-corrected chi connectivity index (χ1v) is 8.99. The molecule has 1 heterocycles. The van der Waals surface area contributed by atoms with Crippen LogP contribution in [0.1, 0.15) is 54.4 Å². The van der Waals surface area contributed by atoms with Crippen molar-refractivity contribution in [1.82, 2.24) is 9.97 Å². The SMILES string of the molecule is O=C(Nc1cccc(C(F)(F)F)c1)c1cnc(NC2CCCCCC2)nc1. The van der Waals surface area contributed by atoms with Crippen LogP contribution in [0, 0.1) is 0 Å². The van der Waals surface area contributed by atoms with Gasteiger partial charge in [0.2, 0.25) is 5.95 Å². The van der Waals surface area contributed by atoms with Gasteiger partial charge in [0.15, 0.2) is 0 Å². The van der Waals surface area contributed by atoms with Crippen LogP contribution in [-0.2, 0) is 6.18 Å². The van der Waals surface area contributed by atoms with Crippen molar-refractivity contribution in [3.8, 4) is 0 Å². The smallest absolute Gasteiger partial charge is 0.351 e. The maximum atomic E-state index is 12.8. The quantitative estimate of drug-likeness (QED) is 0.744. The van der Waals surface area contributed by atoms with Crippen LogP contribution in [0.25, 0.3) is 0 Å². The van der Waals surface area contributed by atoms with Gasteiger partial charge in [0.25, 0.3) is 5.91 Å². The number of nitrogens with zero attached hydrogens (tertiary/aromatic N) is 2. The Balaban J connectivity index is 1.62. The molecule has 0 spiro atoms. The molecule has 8 heteroatoms. The van der Waals surface area contributed by atoms with Crippen molar-refractivity contribution in [2.24, 2.45) is 0 Å². The van der Waals surface area contributed by atoms with E-state index in [0.29, 0.717) is 12.0 Å². The van der Waals surface area contributed by atoms with Gasteiger partial charge in [-0.1, -0.05) is 31.7 Å². The van der Waals surface area contributed by atoms with Gasteiger partial charge in [-0.05, 0) is 31.0 Å². The topological polar surface area (TPSA) is 66.9 Å². The summed E-state index contributed by atoms with van der Waals surface area (Å²) in [5.41, 5.74) is -0.575. The number of alkyl halides is 3. The summed E-state index contributed by atoms with van der Waals surface area (Å²) in [4.78, 5) is 20.5. The first-order valence-electron chi connectivity index (χ1n) is 8.99. The van der Waals surface area contributed by atoms with E-state index in [1.54, 1.807) is 0 Å². The zero-order chi connectivity index (χ0) is 19.3. The summed E-state index contributed by atoms with van der Waals surface area (Å²) >= 11 is 0. The third-order valence-corrected chi connectivity index (χ3v) is 4.55. The van der Waals surface area contributed by atoms with Crippen LogP contribution >= 0.6 is 0 Å².